The molecule has 2 N–H and O–H groups in total. The summed E-state index contributed by atoms with van der Waals surface area (Å²) >= 11 is 0. The van der Waals surface area contributed by atoms with E-state index in [1.165, 1.54) is 6.07 Å². The van der Waals surface area contributed by atoms with Gasteiger partial charge in [-0.3, -0.25) is 0 Å². The monoisotopic (exact) mass is 348 g/mol. The highest BCUT2D eigenvalue weighted by atomic mass is 19.2. The minimum absolute atomic E-state index is 0.103. The first-order valence-electron chi connectivity index (χ1n) is 8.14. The summed E-state index contributed by atoms with van der Waals surface area (Å²) in [5.74, 6) is -1.45. The average Bonchev–Trinajstić information content (AvgIpc) is 2.60. The summed E-state index contributed by atoms with van der Waals surface area (Å²) in [5, 5.41) is 5.62. The molecule has 2 aromatic rings. The molecule has 0 fully saturated rings. The Hall–Kier alpha value is -2.63. The second-order valence-corrected chi connectivity index (χ2v) is 5.96. The summed E-state index contributed by atoms with van der Waals surface area (Å²) < 4.78 is 31.2. The molecule has 2 aromatic carbocycles. The van der Waals surface area contributed by atoms with Gasteiger partial charge in [-0.05, 0) is 23.6 Å². The first-order chi connectivity index (χ1) is 12.0. The number of carbonyl (C=O) groups excluding carboxylic acids is 1. The van der Waals surface area contributed by atoms with Gasteiger partial charge in [-0.2, -0.15) is 0 Å². The maximum Gasteiger partial charge on any atom is 0.315 e. The molecule has 0 spiro atoms. The van der Waals surface area contributed by atoms with Crippen LogP contribution in [-0.4, -0.2) is 19.2 Å². The molecule has 2 amide bonds. The van der Waals surface area contributed by atoms with Crippen LogP contribution < -0.4 is 15.4 Å². The van der Waals surface area contributed by atoms with Crippen molar-refractivity contribution in [3.05, 3.63) is 65.7 Å². The summed E-state index contributed by atoms with van der Waals surface area (Å²) in [4.78, 5) is 12.1. The highest BCUT2D eigenvalue weighted by Crippen LogP contribution is 2.21. The van der Waals surface area contributed by atoms with Gasteiger partial charge in [0.25, 0.3) is 0 Å². The van der Waals surface area contributed by atoms with Crippen LogP contribution in [0.4, 0.5) is 13.6 Å². The van der Waals surface area contributed by atoms with E-state index in [-0.39, 0.29) is 36.9 Å². The lowest BCUT2D eigenvalue weighted by Crippen LogP contribution is -2.41. The molecule has 0 radical (unpaired) electrons. The minimum atomic E-state index is -0.967. The number of nitrogens with one attached hydrogen (secondary N) is 2. The van der Waals surface area contributed by atoms with Gasteiger partial charge in [0.2, 0.25) is 0 Å². The Morgan fingerprint density at radius 2 is 1.80 bits per heavy atom. The highest BCUT2D eigenvalue weighted by Gasteiger charge is 2.17. The summed E-state index contributed by atoms with van der Waals surface area (Å²) in [6.07, 6.45) is 0. The van der Waals surface area contributed by atoms with Crippen molar-refractivity contribution >= 4 is 6.03 Å². The van der Waals surface area contributed by atoms with E-state index >= 15 is 0 Å². The van der Waals surface area contributed by atoms with Crippen molar-refractivity contribution in [3.8, 4) is 5.75 Å². The molecule has 0 bridgehead atoms. The fourth-order valence-electron chi connectivity index (χ4n) is 2.39. The summed E-state index contributed by atoms with van der Waals surface area (Å²) in [5.41, 5.74) is 1.03. The predicted octanol–water partition coefficient (Wildman–Crippen LogP) is 4.04. The third-order valence-corrected chi connectivity index (χ3v) is 3.66. The van der Waals surface area contributed by atoms with Gasteiger partial charge in [-0.25, -0.2) is 13.6 Å². The van der Waals surface area contributed by atoms with Crippen molar-refractivity contribution in [1.82, 2.24) is 10.6 Å². The van der Waals surface area contributed by atoms with Gasteiger partial charge in [0.1, 0.15) is 12.4 Å². The summed E-state index contributed by atoms with van der Waals surface area (Å²) in [6, 6.07) is 12.6. The van der Waals surface area contributed by atoms with E-state index in [4.69, 9.17) is 4.74 Å². The van der Waals surface area contributed by atoms with Crippen LogP contribution in [-0.2, 0) is 0 Å². The lowest BCUT2D eigenvalue weighted by atomic mass is 9.96. The Morgan fingerprint density at radius 3 is 2.44 bits per heavy atom. The van der Waals surface area contributed by atoms with Crippen LogP contribution >= 0.6 is 0 Å². The second-order valence-electron chi connectivity index (χ2n) is 5.96. The van der Waals surface area contributed by atoms with Crippen LogP contribution in [0.1, 0.15) is 25.5 Å². The van der Waals surface area contributed by atoms with E-state index in [0.29, 0.717) is 0 Å². The smallest absolute Gasteiger partial charge is 0.315 e. The van der Waals surface area contributed by atoms with Crippen molar-refractivity contribution in [3.63, 3.8) is 0 Å². The molecule has 0 saturated carbocycles. The minimum Gasteiger partial charge on any atom is -0.492 e. The van der Waals surface area contributed by atoms with Crippen LogP contribution in [0, 0.1) is 17.6 Å². The number of carbonyl (C=O) groups is 1. The average molecular weight is 348 g/mol. The van der Waals surface area contributed by atoms with Crippen molar-refractivity contribution in [2.45, 2.75) is 19.9 Å². The standard InChI is InChI=1S/C19H22F2N2O2/c1-13(2)18(14-6-4-3-5-7-14)23-19(24)22-10-11-25-15-8-9-16(20)17(21)12-15/h3-9,12-13,18H,10-11H2,1-2H3,(H2,22,23,24). The molecule has 0 aliphatic carbocycles. The predicted molar refractivity (Wildman–Crippen MR) is 92.4 cm³/mol. The fourth-order valence-corrected chi connectivity index (χ4v) is 2.39. The van der Waals surface area contributed by atoms with Crippen LogP contribution in [0.2, 0.25) is 0 Å². The third-order valence-electron chi connectivity index (χ3n) is 3.66. The summed E-state index contributed by atoms with van der Waals surface area (Å²) in [7, 11) is 0. The Kier molecular flexibility index (Phi) is 6.74. The number of urea groups is 1. The van der Waals surface area contributed by atoms with E-state index in [2.05, 4.69) is 10.6 Å². The zero-order valence-corrected chi connectivity index (χ0v) is 14.3. The number of benzene rings is 2. The van der Waals surface area contributed by atoms with E-state index in [1.54, 1.807) is 0 Å². The first-order valence-corrected chi connectivity index (χ1v) is 8.14. The van der Waals surface area contributed by atoms with Crippen molar-refractivity contribution in [1.29, 1.82) is 0 Å². The van der Waals surface area contributed by atoms with E-state index < -0.39 is 11.6 Å². The number of ether oxygens (including phenoxy) is 1. The van der Waals surface area contributed by atoms with Crippen molar-refractivity contribution in [2.24, 2.45) is 5.92 Å². The molecule has 2 rings (SSSR count). The molecule has 25 heavy (non-hydrogen) atoms. The molecule has 134 valence electrons. The number of rotatable bonds is 7. The quantitative estimate of drug-likeness (QED) is 0.742. The van der Waals surface area contributed by atoms with E-state index in [0.717, 1.165) is 17.7 Å². The number of hydrogen-bond acceptors (Lipinski definition) is 2. The Morgan fingerprint density at radius 1 is 1.08 bits per heavy atom. The molecule has 1 atom stereocenters. The number of halogens is 2. The lowest BCUT2D eigenvalue weighted by molar-refractivity contribution is 0.229. The lowest BCUT2D eigenvalue weighted by Gasteiger charge is -2.23. The van der Waals surface area contributed by atoms with Crippen molar-refractivity contribution in [2.75, 3.05) is 13.2 Å². The molecule has 4 nitrogen and oxygen atoms in total. The maximum atomic E-state index is 13.1. The molecule has 0 saturated heterocycles. The molecule has 6 heteroatoms. The van der Waals surface area contributed by atoms with Gasteiger partial charge in [0.05, 0.1) is 12.6 Å². The zero-order chi connectivity index (χ0) is 18.2. The first kappa shape index (κ1) is 18.7. The molecule has 0 aliphatic heterocycles. The zero-order valence-electron chi connectivity index (χ0n) is 14.3. The molecule has 0 aromatic heterocycles. The van der Waals surface area contributed by atoms with Crippen LogP contribution in [0.25, 0.3) is 0 Å². The Balaban J connectivity index is 1.78. The number of amides is 2. The van der Waals surface area contributed by atoms with Gasteiger partial charge in [0.15, 0.2) is 11.6 Å². The second kappa shape index (κ2) is 9.01. The van der Waals surface area contributed by atoms with Gasteiger partial charge < -0.3 is 15.4 Å². The molecular formula is C19H22F2N2O2. The van der Waals surface area contributed by atoms with Crippen LogP contribution in [0.5, 0.6) is 5.75 Å². The van der Waals surface area contributed by atoms with Gasteiger partial charge >= 0.3 is 6.03 Å². The van der Waals surface area contributed by atoms with Gasteiger partial charge in [-0.1, -0.05) is 44.2 Å². The van der Waals surface area contributed by atoms with Crippen molar-refractivity contribution < 1.29 is 18.3 Å². The van der Waals surface area contributed by atoms with Gasteiger partial charge in [0, 0.05) is 6.07 Å². The molecule has 0 heterocycles. The topological polar surface area (TPSA) is 50.4 Å². The van der Waals surface area contributed by atoms with Gasteiger partial charge in [-0.15, -0.1) is 0 Å². The van der Waals surface area contributed by atoms with Crippen LogP contribution in [0.3, 0.4) is 0 Å². The maximum absolute atomic E-state index is 13.1. The Bertz CT molecular complexity index is 693. The molecule has 1 unspecified atom stereocenters. The van der Waals surface area contributed by atoms with E-state index in [1.807, 2.05) is 44.2 Å². The normalized spacial score (nSPS) is 11.9. The Labute approximate surface area is 146 Å². The SMILES string of the molecule is CC(C)C(NC(=O)NCCOc1ccc(F)c(F)c1)c1ccccc1. The molecule has 0 aliphatic rings. The highest BCUT2D eigenvalue weighted by molar-refractivity contribution is 5.74. The number of hydrogen-bond donors (Lipinski definition) is 2. The van der Waals surface area contributed by atoms with Crippen LogP contribution in [0.15, 0.2) is 48.5 Å². The summed E-state index contributed by atoms with van der Waals surface area (Å²) in [6.45, 7) is 4.45. The molecular weight excluding hydrogens is 326 g/mol. The third kappa shape index (κ3) is 5.74. The fraction of sp³-hybridized carbons (Fsp3) is 0.316. The largest absolute Gasteiger partial charge is 0.492 e. The van der Waals surface area contributed by atoms with E-state index in [9.17, 15) is 13.6 Å².